The van der Waals surface area contributed by atoms with Crippen molar-refractivity contribution in [2.45, 2.75) is 10.1 Å². The molecule has 2 N–H and O–H groups in total. The van der Waals surface area contributed by atoms with Gasteiger partial charge in [0.25, 0.3) is 5.91 Å². The molecule has 1 atom stereocenters. The van der Waals surface area contributed by atoms with E-state index in [2.05, 4.69) is 15.3 Å². The van der Waals surface area contributed by atoms with Crippen LogP contribution in [0.15, 0.2) is 71.1 Å². The van der Waals surface area contributed by atoms with Crippen LogP contribution in [-0.4, -0.2) is 25.3 Å². The Kier molecular flexibility index (Phi) is 6.98. The van der Waals surface area contributed by atoms with E-state index < -0.39 is 8.03 Å². The highest BCUT2D eigenvalue weighted by Gasteiger charge is 2.14. The Morgan fingerprint density at radius 1 is 1.22 bits per heavy atom. The van der Waals surface area contributed by atoms with E-state index in [0.717, 1.165) is 21.4 Å². The molecule has 0 saturated carbocycles. The number of imidazole rings is 1. The van der Waals surface area contributed by atoms with Crippen LogP contribution in [0.3, 0.4) is 0 Å². The van der Waals surface area contributed by atoms with Gasteiger partial charge < -0.3 is 14.2 Å². The second kappa shape index (κ2) is 9.89. The number of carbonyl (C=O) groups excluding carboxylic acids is 1. The van der Waals surface area contributed by atoms with Crippen molar-refractivity contribution in [3.05, 3.63) is 71.0 Å². The number of thiazole rings is 1. The summed E-state index contributed by atoms with van der Waals surface area (Å²) in [6.07, 6.45) is 4.99. The predicted molar refractivity (Wildman–Crippen MR) is 126 cm³/mol. The maximum Gasteiger partial charge on any atom is 0.257 e. The zero-order chi connectivity index (χ0) is 22.7. The molecule has 0 aliphatic rings. The van der Waals surface area contributed by atoms with Crippen molar-refractivity contribution in [3.63, 3.8) is 0 Å². The number of benzene rings is 2. The number of aryl methyl sites for hydroxylation is 1. The van der Waals surface area contributed by atoms with Gasteiger partial charge >= 0.3 is 0 Å². The zero-order valence-electron chi connectivity index (χ0n) is 16.5. The molecular weight excluding hydrogens is 491 g/mol. The fourth-order valence-electron chi connectivity index (χ4n) is 2.66. The summed E-state index contributed by atoms with van der Waals surface area (Å²) in [6.45, 7) is 0. The Labute approximate surface area is 197 Å². The number of anilines is 1. The molecule has 0 saturated heterocycles. The summed E-state index contributed by atoms with van der Waals surface area (Å²) in [5, 5.41) is 4.20. The first-order valence-corrected chi connectivity index (χ1v) is 12.5. The quantitative estimate of drug-likeness (QED) is 0.346. The minimum Gasteiger partial charge on any atom is -0.457 e. The third-order valence-corrected chi connectivity index (χ3v) is 7.07. The van der Waals surface area contributed by atoms with Gasteiger partial charge in [-0.15, -0.1) is 0 Å². The van der Waals surface area contributed by atoms with E-state index in [0.29, 0.717) is 31.8 Å². The highest BCUT2D eigenvalue weighted by molar-refractivity contribution is 7.99. The number of ether oxygens (including phenoxy) is 1. The molecule has 0 aliphatic heterocycles. The van der Waals surface area contributed by atoms with E-state index in [1.807, 2.05) is 17.8 Å². The fourth-order valence-corrected chi connectivity index (χ4v) is 4.81. The van der Waals surface area contributed by atoms with Crippen molar-refractivity contribution in [1.29, 1.82) is 0 Å². The standard InChI is InChI=1S/C20H16ClN4O4PS2/c1-25-7-6-22-20(25)31-16-9-12(18(26)24-19-23-11-17(21)32-19)8-14(10-16)29-13-2-4-15(5-3-13)30(27)28/h2-11,30H,1H3,(H,27,28)(H,23,24,26). The van der Waals surface area contributed by atoms with Gasteiger partial charge in [0.15, 0.2) is 10.3 Å². The third-order valence-electron chi connectivity index (χ3n) is 4.16. The van der Waals surface area contributed by atoms with Gasteiger partial charge in [0.2, 0.25) is 8.03 Å². The van der Waals surface area contributed by atoms with Gasteiger partial charge in [-0.1, -0.05) is 34.7 Å². The molecule has 164 valence electrons. The van der Waals surface area contributed by atoms with Gasteiger partial charge in [-0.25, -0.2) is 9.97 Å². The van der Waals surface area contributed by atoms with E-state index in [9.17, 15) is 14.3 Å². The molecule has 0 fully saturated rings. The number of rotatable bonds is 7. The van der Waals surface area contributed by atoms with Gasteiger partial charge in [-0.3, -0.25) is 14.7 Å². The monoisotopic (exact) mass is 506 g/mol. The lowest BCUT2D eigenvalue weighted by Crippen LogP contribution is -2.12. The Morgan fingerprint density at radius 3 is 2.62 bits per heavy atom. The summed E-state index contributed by atoms with van der Waals surface area (Å²) in [5.41, 5.74) is 0.363. The van der Waals surface area contributed by atoms with Crippen molar-refractivity contribution in [2.75, 3.05) is 5.32 Å². The smallest absolute Gasteiger partial charge is 0.257 e. The van der Waals surface area contributed by atoms with Gasteiger partial charge in [0, 0.05) is 35.2 Å². The second-order valence-corrected chi connectivity index (χ2v) is 10.4. The van der Waals surface area contributed by atoms with Crippen molar-refractivity contribution < 1.29 is 19.0 Å². The average Bonchev–Trinajstić information content (AvgIpc) is 3.36. The van der Waals surface area contributed by atoms with Crippen LogP contribution in [0.4, 0.5) is 5.13 Å². The second-order valence-electron chi connectivity index (χ2n) is 6.47. The lowest BCUT2D eigenvalue weighted by Gasteiger charge is -2.11. The Hall–Kier alpha value is -2.62. The molecule has 0 aliphatic carbocycles. The van der Waals surface area contributed by atoms with Gasteiger partial charge in [0.1, 0.15) is 15.8 Å². The molecule has 1 unspecified atom stereocenters. The molecule has 0 spiro atoms. The highest BCUT2D eigenvalue weighted by Crippen LogP contribution is 2.33. The number of aromatic nitrogens is 3. The van der Waals surface area contributed by atoms with Crippen molar-refractivity contribution in [3.8, 4) is 11.5 Å². The molecule has 12 heteroatoms. The summed E-state index contributed by atoms with van der Waals surface area (Å²) in [4.78, 5) is 31.2. The number of hydrogen-bond donors (Lipinski definition) is 2. The topological polar surface area (TPSA) is 106 Å². The van der Waals surface area contributed by atoms with Crippen LogP contribution >= 0.6 is 42.7 Å². The van der Waals surface area contributed by atoms with Crippen LogP contribution in [0.1, 0.15) is 10.4 Å². The summed E-state index contributed by atoms with van der Waals surface area (Å²) in [6, 6.07) is 11.4. The summed E-state index contributed by atoms with van der Waals surface area (Å²) < 4.78 is 19.5. The molecule has 0 radical (unpaired) electrons. The summed E-state index contributed by atoms with van der Waals surface area (Å²) in [7, 11) is -0.892. The molecule has 2 heterocycles. The van der Waals surface area contributed by atoms with E-state index in [4.69, 9.17) is 16.3 Å². The molecule has 8 nitrogen and oxygen atoms in total. The van der Waals surface area contributed by atoms with E-state index >= 15 is 0 Å². The van der Waals surface area contributed by atoms with Crippen LogP contribution in [0.25, 0.3) is 0 Å². The highest BCUT2D eigenvalue weighted by atomic mass is 35.5. The van der Waals surface area contributed by atoms with E-state index in [1.165, 1.54) is 30.1 Å². The number of amides is 1. The van der Waals surface area contributed by atoms with Gasteiger partial charge in [0.05, 0.1) is 6.20 Å². The number of hydrogen-bond acceptors (Lipinski definition) is 7. The lowest BCUT2D eigenvalue weighted by atomic mass is 10.2. The first-order valence-electron chi connectivity index (χ1n) is 9.11. The normalized spacial score (nSPS) is 11.8. The molecule has 4 aromatic rings. The molecule has 2 aromatic carbocycles. The van der Waals surface area contributed by atoms with Crippen LogP contribution in [0.2, 0.25) is 4.34 Å². The molecule has 4 rings (SSSR count). The van der Waals surface area contributed by atoms with Crippen LogP contribution in [0, 0.1) is 0 Å². The lowest BCUT2D eigenvalue weighted by molar-refractivity contribution is 0.102. The summed E-state index contributed by atoms with van der Waals surface area (Å²) >= 11 is 8.44. The Morgan fingerprint density at radius 2 is 2.00 bits per heavy atom. The van der Waals surface area contributed by atoms with Crippen LogP contribution in [0.5, 0.6) is 11.5 Å². The summed E-state index contributed by atoms with van der Waals surface area (Å²) in [5.74, 6) is 0.530. The minimum absolute atomic E-state index is 0.337. The number of halogens is 1. The maximum absolute atomic E-state index is 12.8. The van der Waals surface area contributed by atoms with E-state index in [1.54, 1.807) is 36.5 Å². The fraction of sp³-hybridized carbons (Fsp3) is 0.0500. The number of nitrogens with zero attached hydrogens (tertiary/aromatic N) is 3. The Bertz CT molecular complexity index is 1290. The number of nitrogens with one attached hydrogen (secondary N) is 1. The van der Waals surface area contributed by atoms with Gasteiger partial charge in [-0.2, -0.15) is 0 Å². The molecule has 2 aromatic heterocycles. The average molecular weight is 507 g/mol. The molecular formula is C20H16ClN4O4PS2. The molecule has 0 bridgehead atoms. The molecule has 1 amide bonds. The van der Waals surface area contributed by atoms with Crippen LogP contribution in [-0.2, 0) is 11.6 Å². The number of carbonyl (C=O) groups is 1. The SMILES string of the molecule is Cn1ccnc1Sc1cc(Oc2ccc([PH](=O)O)cc2)cc(C(=O)Nc2ncc(Cl)s2)c1. The van der Waals surface area contributed by atoms with Crippen molar-refractivity contribution in [1.82, 2.24) is 14.5 Å². The van der Waals surface area contributed by atoms with Crippen molar-refractivity contribution >= 4 is 59.1 Å². The largest absolute Gasteiger partial charge is 0.457 e. The van der Waals surface area contributed by atoms with Crippen molar-refractivity contribution in [2.24, 2.45) is 7.05 Å². The van der Waals surface area contributed by atoms with Crippen LogP contribution < -0.4 is 15.4 Å². The van der Waals surface area contributed by atoms with E-state index in [-0.39, 0.29) is 5.91 Å². The first-order chi connectivity index (χ1) is 15.4. The van der Waals surface area contributed by atoms with Gasteiger partial charge in [-0.05, 0) is 42.5 Å². The molecule has 32 heavy (non-hydrogen) atoms. The predicted octanol–water partition coefficient (Wildman–Crippen LogP) is 4.82. The minimum atomic E-state index is -2.77. The zero-order valence-corrected chi connectivity index (χ0v) is 19.9. The maximum atomic E-state index is 12.8. The third kappa shape index (κ3) is 5.59. The first kappa shape index (κ1) is 22.6. The Balaban J connectivity index is 1.63.